The predicted molar refractivity (Wildman–Crippen MR) is 303 cm³/mol. The molecule has 0 aromatic heterocycles. The molecule has 0 aliphatic carbocycles. The molecule has 3 N–H and O–H groups in total. The maximum atomic E-state index is 13.1. The first-order valence-electron chi connectivity index (χ1n) is 30.6. The fourth-order valence-corrected chi connectivity index (χ4v) is 9.13. The van der Waals surface area contributed by atoms with Crippen LogP contribution in [0, 0.1) is 0 Å². The van der Waals surface area contributed by atoms with Gasteiger partial charge in [-0.3, -0.25) is 14.4 Å². The zero-order valence-electron chi connectivity index (χ0n) is 47.8. The Labute approximate surface area is 456 Å². The molecule has 75 heavy (non-hydrogen) atoms. The van der Waals surface area contributed by atoms with Gasteiger partial charge in [0.15, 0.2) is 24.6 Å². The van der Waals surface area contributed by atoms with Crippen molar-refractivity contribution in [2.75, 3.05) is 13.2 Å². The quantitative estimate of drug-likeness (QED) is 0.0228. The van der Waals surface area contributed by atoms with Crippen molar-refractivity contribution >= 4 is 23.9 Å². The molecule has 12 heteroatoms. The highest BCUT2D eigenvalue weighted by atomic mass is 16.7. The molecule has 0 amide bonds. The van der Waals surface area contributed by atoms with Crippen molar-refractivity contribution in [3.8, 4) is 0 Å². The van der Waals surface area contributed by atoms with Gasteiger partial charge in [0.25, 0.3) is 0 Å². The van der Waals surface area contributed by atoms with Crippen LogP contribution in [0.15, 0.2) is 48.6 Å². The van der Waals surface area contributed by atoms with Crippen LogP contribution in [0.25, 0.3) is 0 Å². The summed E-state index contributed by atoms with van der Waals surface area (Å²) in [5.41, 5.74) is 0. The molecule has 6 unspecified atom stereocenters. The molecular weight excluding hydrogens is 949 g/mol. The van der Waals surface area contributed by atoms with E-state index in [0.29, 0.717) is 19.3 Å². The van der Waals surface area contributed by atoms with Crippen molar-refractivity contribution in [3.63, 3.8) is 0 Å². The minimum atomic E-state index is -1.90. The van der Waals surface area contributed by atoms with Gasteiger partial charge in [-0.1, -0.05) is 223 Å². The molecule has 1 aliphatic heterocycles. The topological polar surface area (TPSA) is 175 Å². The van der Waals surface area contributed by atoms with Crippen LogP contribution in [-0.4, -0.2) is 89.2 Å². The summed E-state index contributed by atoms with van der Waals surface area (Å²) in [7, 11) is 0. The van der Waals surface area contributed by atoms with Crippen molar-refractivity contribution in [2.45, 2.75) is 314 Å². The third-order valence-electron chi connectivity index (χ3n) is 13.9. The number of allylic oxidation sites excluding steroid dienone is 8. The molecule has 1 aliphatic rings. The minimum absolute atomic E-state index is 0.0531. The number of hydrogen-bond acceptors (Lipinski definition) is 11. The van der Waals surface area contributed by atoms with Gasteiger partial charge in [-0.05, 0) is 83.5 Å². The van der Waals surface area contributed by atoms with Crippen LogP contribution in [0.5, 0.6) is 0 Å². The predicted octanol–water partition coefficient (Wildman–Crippen LogP) is 15.8. The first-order valence-corrected chi connectivity index (χ1v) is 30.6. The van der Waals surface area contributed by atoms with E-state index < -0.39 is 67.3 Å². The first-order chi connectivity index (χ1) is 36.6. The molecule has 0 spiro atoms. The molecule has 1 rings (SSSR count). The second kappa shape index (κ2) is 51.4. The van der Waals surface area contributed by atoms with E-state index >= 15 is 0 Å². The number of carboxylic acid groups (broad SMARTS) is 1. The number of esters is 3. The van der Waals surface area contributed by atoms with E-state index in [1.165, 1.54) is 109 Å². The van der Waals surface area contributed by atoms with Gasteiger partial charge in [-0.2, -0.15) is 0 Å². The summed E-state index contributed by atoms with van der Waals surface area (Å²) in [5, 5.41) is 31.5. The van der Waals surface area contributed by atoms with Crippen molar-refractivity contribution in [1.82, 2.24) is 0 Å². The Balaban J connectivity index is 2.61. The van der Waals surface area contributed by atoms with Gasteiger partial charge in [0.2, 0.25) is 0 Å². The van der Waals surface area contributed by atoms with Gasteiger partial charge in [-0.15, -0.1) is 0 Å². The number of unbranched alkanes of at least 4 members (excludes halogenated alkanes) is 30. The van der Waals surface area contributed by atoms with E-state index in [9.17, 15) is 34.5 Å². The number of carbonyl (C=O) groups is 4. The molecule has 0 radical (unpaired) electrons. The molecule has 1 saturated heterocycles. The number of ether oxygens (including phenoxy) is 5. The maximum Gasteiger partial charge on any atom is 0.335 e. The fourth-order valence-electron chi connectivity index (χ4n) is 9.13. The molecular formula is C63H110O12. The van der Waals surface area contributed by atoms with E-state index in [1.54, 1.807) is 0 Å². The van der Waals surface area contributed by atoms with Gasteiger partial charge in [0, 0.05) is 19.3 Å². The molecule has 0 aromatic carbocycles. The van der Waals surface area contributed by atoms with E-state index in [-0.39, 0.29) is 25.9 Å². The van der Waals surface area contributed by atoms with Gasteiger partial charge in [0.1, 0.15) is 18.8 Å². The summed E-state index contributed by atoms with van der Waals surface area (Å²) in [5.74, 6) is -3.12. The third-order valence-corrected chi connectivity index (χ3v) is 13.9. The monoisotopic (exact) mass is 1060 g/mol. The lowest BCUT2D eigenvalue weighted by Gasteiger charge is -2.40. The summed E-state index contributed by atoms with van der Waals surface area (Å²) in [6, 6.07) is 0. The highest BCUT2D eigenvalue weighted by molar-refractivity contribution is 5.74. The van der Waals surface area contributed by atoms with Crippen molar-refractivity contribution in [3.05, 3.63) is 48.6 Å². The van der Waals surface area contributed by atoms with Gasteiger partial charge >= 0.3 is 23.9 Å². The van der Waals surface area contributed by atoms with E-state index in [2.05, 4.69) is 69.4 Å². The number of aliphatic carboxylic acids is 1. The van der Waals surface area contributed by atoms with Crippen LogP contribution in [0.2, 0.25) is 0 Å². The summed E-state index contributed by atoms with van der Waals surface area (Å²) in [6.45, 7) is 5.93. The molecule has 0 bridgehead atoms. The molecule has 6 atom stereocenters. The lowest BCUT2D eigenvalue weighted by atomic mass is 9.98. The zero-order chi connectivity index (χ0) is 54.7. The molecule has 12 nitrogen and oxygen atoms in total. The summed E-state index contributed by atoms with van der Waals surface area (Å²) in [6.07, 6.45) is 49.4. The van der Waals surface area contributed by atoms with Crippen LogP contribution < -0.4 is 0 Å². The summed E-state index contributed by atoms with van der Waals surface area (Å²) in [4.78, 5) is 51.1. The van der Waals surface area contributed by atoms with Crippen molar-refractivity contribution in [1.29, 1.82) is 0 Å². The minimum Gasteiger partial charge on any atom is -0.479 e. The SMILES string of the molecule is CCCCC/C=C\C/C=C\CCCCCCCCCCCC(=O)OCC(COC1OC(C(=O)O)C(O)C(O)C1OC(=O)CCCCCCCCC/C=C\C/C=C\CCCCC)OC(=O)CCCCCCCCCCC. The van der Waals surface area contributed by atoms with Crippen LogP contribution in [0.4, 0.5) is 0 Å². The Morgan fingerprint density at radius 1 is 0.440 bits per heavy atom. The van der Waals surface area contributed by atoms with E-state index in [1.807, 2.05) is 0 Å². The highest BCUT2D eigenvalue weighted by Gasteiger charge is 2.50. The Kier molecular flexibility index (Phi) is 47.8. The average molecular weight is 1060 g/mol. The molecule has 0 aromatic rings. The second-order valence-corrected chi connectivity index (χ2v) is 21.0. The fraction of sp³-hybridized carbons (Fsp3) is 0.810. The molecule has 1 heterocycles. The third kappa shape index (κ3) is 41.5. The second-order valence-electron chi connectivity index (χ2n) is 21.0. The number of rotatable bonds is 52. The van der Waals surface area contributed by atoms with E-state index in [4.69, 9.17) is 23.7 Å². The standard InChI is InChI=1S/C63H110O12/c1-4-7-10-13-16-19-21-23-25-27-28-30-31-33-35-38-40-43-46-49-55(64)71-52-54(73-56(65)50-47-44-41-37-18-15-12-9-6-3)53-72-63-61(59(68)58(67)60(75-63)62(69)70)74-57(66)51-48-45-42-39-36-34-32-29-26-24-22-20-17-14-11-8-5-2/h16-17,19-20,23-26,54,58-61,63,67-68H,4-15,18,21-22,27-53H2,1-3H3,(H,69,70)/b19-16-,20-17-,25-23-,26-24-. The Morgan fingerprint density at radius 3 is 1.23 bits per heavy atom. The summed E-state index contributed by atoms with van der Waals surface area (Å²) >= 11 is 0. The number of aliphatic hydroxyl groups excluding tert-OH is 2. The van der Waals surface area contributed by atoms with Gasteiger partial charge in [0.05, 0.1) is 6.61 Å². The highest BCUT2D eigenvalue weighted by Crippen LogP contribution is 2.26. The first kappa shape index (κ1) is 69.7. The largest absolute Gasteiger partial charge is 0.479 e. The molecule has 1 fully saturated rings. The Morgan fingerprint density at radius 2 is 0.800 bits per heavy atom. The summed E-state index contributed by atoms with van der Waals surface area (Å²) < 4.78 is 28.4. The number of carboxylic acids is 1. The zero-order valence-corrected chi connectivity index (χ0v) is 47.8. The maximum absolute atomic E-state index is 13.1. The lowest BCUT2D eigenvalue weighted by molar-refractivity contribution is -0.301. The number of hydrogen-bond donors (Lipinski definition) is 3. The Hall–Kier alpha value is -3.32. The van der Waals surface area contributed by atoms with Crippen LogP contribution in [0.3, 0.4) is 0 Å². The van der Waals surface area contributed by atoms with Crippen LogP contribution in [-0.2, 0) is 42.9 Å². The van der Waals surface area contributed by atoms with Crippen LogP contribution >= 0.6 is 0 Å². The lowest BCUT2D eigenvalue weighted by Crippen LogP contribution is -2.61. The Bertz CT molecular complexity index is 1490. The smallest absolute Gasteiger partial charge is 0.335 e. The number of aliphatic hydroxyl groups is 2. The van der Waals surface area contributed by atoms with Crippen molar-refractivity contribution < 1.29 is 58.2 Å². The molecule has 434 valence electrons. The van der Waals surface area contributed by atoms with Crippen molar-refractivity contribution in [2.24, 2.45) is 0 Å². The van der Waals surface area contributed by atoms with Gasteiger partial charge in [-0.25, -0.2) is 4.79 Å². The van der Waals surface area contributed by atoms with Crippen LogP contribution in [0.1, 0.15) is 278 Å². The average Bonchev–Trinajstić information content (AvgIpc) is 3.39. The molecule has 0 saturated carbocycles. The van der Waals surface area contributed by atoms with E-state index in [0.717, 1.165) is 109 Å². The van der Waals surface area contributed by atoms with Gasteiger partial charge < -0.3 is 39.0 Å². The number of carbonyl (C=O) groups excluding carboxylic acids is 3. The normalized spacial score (nSPS) is 18.4.